The number of carbonyl (C=O) groups is 1. The van der Waals surface area contributed by atoms with Crippen LogP contribution in [-0.4, -0.2) is 25.0 Å². The molecule has 0 saturated heterocycles. The number of thiazole rings is 1. The van der Waals surface area contributed by atoms with Gasteiger partial charge in [0.15, 0.2) is 16.6 Å². The number of aromatic nitrogens is 1. The second-order valence-corrected chi connectivity index (χ2v) is 7.61. The Morgan fingerprint density at radius 2 is 2.10 bits per heavy atom. The van der Waals surface area contributed by atoms with Crippen LogP contribution in [0.15, 0.2) is 42.5 Å². The lowest BCUT2D eigenvalue weighted by atomic mass is 9.91. The molecular weight excluding hydrogens is 393 g/mol. The van der Waals surface area contributed by atoms with E-state index in [1.54, 1.807) is 38.4 Å². The van der Waals surface area contributed by atoms with Gasteiger partial charge in [-0.3, -0.25) is 4.79 Å². The van der Waals surface area contributed by atoms with Crippen molar-refractivity contribution >= 4 is 28.2 Å². The average molecular weight is 413 g/mol. The molecule has 1 aliphatic rings. The Kier molecular flexibility index (Phi) is 5.35. The van der Waals surface area contributed by atoms with Crippen molar-refractivity contribution in [3.63, 3.8) is 0 Å². The molecule has 1 amide bonds. The fraction of sp³-hybridized carbons (Fsp3) is 0.238. The zero-order valence-electron chi connectivity index (χ0n) is 16.0. The quantitative estimate of drug-likeness (QED) is 0.627. The molecule has 29 heavy (non-hydrogen) atoms. The van der Waals surface area contributed by atoms with Crippen LogP contribution in [0.4, 0.5) is 15.3 Å². The number of nitrogens with one attached hydrogen (secondary N) is 2. The fourth-order valence-electron chi connectivity index (χ4n) is 3.29. The van der Waals surface area contributed by atoms with Crippen LogP contribution in [-0.2, 0) is 11.4 Å². The normalized spacial score (nSPS) is 15.4. The maximum Gasteiger partial charge on any atom is 0.226 e. The molecule has 0 radical (unpaired) electrons. The van der Waals surface area contributed by atoms with Crippen LogP contribution >= 0.6 is 11.3 Å². The highest BCUT2D eigenvalue weighted by molar-refractivity contribution is 7.16. The molecule has 3 aromatic rings. The van der Waals surface area contributed by atoms with Gasteiger partial charge in [-0.1, -0.05) is 35.6 Å². The van der Waals surface area contributed by atoms with Crippen LogP contribution < -0.4 is 20.1 Å². The van der Waals surface area contributed by atoms with Crippen molar-refractivity contribution in [2.75, 3.05) is 24.8 Å². The van der Waals surface area contributed by atoms with Crippen molar-refractivity contribution in [1.82, 2.24) is 4.98 Å². The van der Waals surface area contributed by atoms with E-state index in [-0.39, 0.29) is 24.2 Å². The summed E-state index contributed by atoms with van der Waals surface area (Å²) in [6.45, 7) is 0.0960. The molecule has 1 unspecified atom stereocenters. The molecule has 2 heterocycles. The van der Waals surface area contributed by atoms with Crippen LogP contribution in [0.3, 0.4) is 0 Å². The number of anilines is 2. The van der Waals surface area contributed by atoms with E-state index in [1.165, 1.54) is 17.4 Å². The minimum absolute atomic E-state index is 0.0747. The van der Waals surface area contributed by atoms with Crippen molar-refractivity contribution in [2.24, 2.45) is 0 Å². The van der Waals surface area contributed by atoms with Gasteiger partial charge in [-0.25, -0.2) is 9.37 Å². The number of carbonyl (C=O) groups excluding carboxylic acids is 1. The van der Waals surface area contributed by atoms with Crippen molar-refractivity contribution in [3.05, 3.63) is 64.3 Å². The zero-order valence-corrected chi connectivity index (χ0v) is 16.8. The number of amides is 1. The van der Waals surface area contributed by atoms with E-state index in [0.717, 1.165) is 15.6 Å². The van der Waals surface area contributed by atoms with Gasteiger partial charge in [-0.2, -0.15) is 0 Å². The SMILES string of the molecule is CNc1nc2c(s1)C(c1ccc(OCc3ccccc3F)c(OC)c1)CC(=O)N2. The van der Waals surface area contributed by atoms with E-state index in [4.69, 9.17) is 9.47 Å². The first-order valence-electron chi connectivity index (χ1n) is 9.11. The molecular formula is C21H20FN3O3S. The zero-order chi connectivity index (χ0) is 20.4. The fourth-order valence-corrected chi connectivity index (χ4v) is 4.29. The second kappa shape index (κ2) is 8.08. The molecule has 0 spiro atoms. The Balaban J connectivity index is 1.61. The van der Waals surface area contributed by atoms with Crippen LogP contribution in [0.5, 0.6) is 11.5 Å². The Labute approximate surface area is 171 Å². The van der Waals surface area contributed by atoms with E-state index in [2.05, 4.69) is 15.6 Å². The summed E-state index contributed by atoms with van der Waals surface area (Å²) in [4.78, 5) is 17.6. The van der Waals surface area contributed by atoms with Gasteiger partial charge in [0.2, 0.25) is 5.91 Å². The summed E-state index contributed by atoms with van der Waals surface area (Å²) in [5.41, 5.74) is 1.40. The molecule has 1 atom stereocenters. The molecule has 2 aromatic carbocycles. The van der Waals surface area contributed by atoms with E-state index in [1.807, 2.05) is 12.1 Å². The summed E-state index contributed by atoms with van der Waals surface area (Å²) in [7, 11) is 3.35. The maximum atomic E-state index is 13.8. The Morgan fingerprint density at radius 1 is 1.28 bits per heavy atom. The molecule has 0 fully saturated rings. The Bertz CT molecular complexity index is 1050. The van der Waals surface area contributed by atoms with E-state index >= 15 is 0 Å². The monoisotopic (exact) mass is 413 g/mol. The van der Waals surface area contributed by atoms with Gasteiger partial charge >= 0.3 is 0 Å². The predicted octanol–water partition coefficient (Wildman–Crippen LogP) is 4.39. The number of methoxy groups -OCH3 is 1. The maximum absolute atomic E-state index is 13.8. The molecule has 0 saturated carbocycles. The van der Waals surface area contributed by atoms with Crippen LogP contribution in [0, 0.1) is 5.82 Å². The lowest BCUT2D eigenvalue weighted by molar-refractivity contribution is -0.116. The number of hydrogen-bond acceptors (Lipinski definition) is 6. The second-order valence-electron chi connectivity index (χ2n) is 6.58. The van der Waals surface area contributed by atoms with E-state index < -0.39 is 0 Å². The molecule has 8 heteroatoms. The number of nitrogens with zero attached hydrogens (tertiary/aromatic N) is 1. The lowest BCUT2D eigenvalue weighted by Gasteiger charge is -2.22. The molecule has 1 aromatic heterocycles. The van der Waals surface area contributed by atoms with Crippen molar-refractivity contribution < 1.29 is 18.7 Å². The molecule has 0 aliphatic carbocycles. The summed E-state index contributed by atoms with van der Waals surface area (Å²) < 4.78 is 25.1. The summed E-state index contributed by atoms with van der Waals surface area (Å²) in [6, 6.07) is 12.1. The third kappa shape index (κ3) is 3.88. The largest absolute Gasteiger partial charge is 0.493 e. The van der Waals surface area contributed by atoms with Gasteiger partial charge in [0, 0.05) is 24.9 Å². The van der Waals surface area contributed by atoms with Crippen molar-refractivity contribution in [1.29, 1.82) is 0 Å². The number of hydrogen-bond donors (Lipinski definition) is 2. The molecule has 150 valence electrons. The first-order chi connectivity index (χ1) is 14.1. The minimum Gasteiger partial charge on any atom is -0.493 e. The standard InChI is InChI=1S/C21H20FN3O3S/c1-23-21-25-20-19(29-21)14(10-18(26)24-20)12-7-8-16(17(9-12)27-2)28-11-13-5-3-4-6-15(13)22/h3-9,14H,10-11H2,1-2H3,(H,23,25)(H,24,26). The molecule has 1 aliphatic heterocycles. The Morgan fingerprint density at radius 3 is 2.86 bits per heavy atom. The van der Waals surface area contributed by atoms with Crippen LogP contribution in [0.2, 0.25) is 0 Å². The molecule has 0 bridgehead atoms. The van der Waals surface area contributed by atoms with E-state index in [0.29, 0.717) is 29.3 Å². The van der Waals surface area contributed by atoms with Crippen LogP contribution in [0.25, 0.3) is 0 Å². The predicted molar refractivity (Wildman–Crippen MR) is 110 cm³/mol. The number of halogens is 1. The lowest BCUT2D eigenvalue weighted by Crippen LogP contribution is -2.22. The number of ether oxygens (including phenoxy) is 2. The van der Waals surface area contributed by atoms with E-state index in [9.17, 15) is 9.18 Å². The minimum atomic E-state index is -0.311. The summed E-state index contributed by atoms with van der Waals surface area (Å²) in [5.74, 6) is 1.14. The van der Waals surface area contributed by atoms with Gasteiger partial charge < -0.3 is 20.1 Å². The number of fused-ring (bicyclic) bond motifs is 1. The van der Waals surface area contributed by atoms with Gasteiger partial charge in [-0.05, 0) is 23.8 Å². The molecule has 2 N–H and O–H groups in total. The summed E-state index contributed by atoms with van der Waals surface area (Å²) in [6.07, 6.45) is 0.330. The first-order valence-corrected chi connectivity index (χ1v) is 9.93. The smallest absolute Gasteiger partial charge is 0.226 e. The molecule has 4 rings (SSSR count). The number of benzene rings is 2. The number of rotatable bonds is 6. The highest BCUT2D eigenvalue weighted by Crippen LogP contribution is 2.44. The summed E-state index contributed by atoms with van der Waals surface area (Å²) in [5, 5.41) is 6.60. The first kappa shape index (κ1) is 19.2. The average Bonchev–Trinajstić information content (AvgIpc) is 3.15. The van der Waals surface area contributed by atoms with Gasteiger partial charge in [0.05, 0.1) is 12.0 Å². The topological polar surface area (TPSA) is 72.5 Å². The van der Waals surface area contributed by atoms with Crippen LogP contribution in [0.1, 0.15) is 28.3 Å². The summed E-state index contributed by atoms with van der Waals surface area (Å²) >= 11 is 1.52. The van der Waals surface area contributed by atoms with Crippen molar-refractivity contribution in [3.8, 4) is 11.5 Å². The highest BCUT2D eigenvalue weighted by atomic mass is 32.1. The van der Waals surface area contributed by atoms with Gasteiger partial charge in [-0.15, -0.1) is 0 Å². The highest BCUT2D eigenvalue weighted by Gasteiger charge is 2.30. The Hall–Kier alpha value is -3.13. The van der Waals surface area contributed by atoms with Gasteiger partial charge in [0.25, 0.3) is 0 Å². The third-order valence-electron chi connectivity index (χ3n) is 4.76. The van der Waals surface area contributed by atoms with Crippen molar-refractivity contribution in [2.45, 2.75) is 18.9 Å². The van der Waals surface area contributed by atoms with Gasteiger partial charge in [0.1, 0.15) is 18.2 Å². The molecule has 6 nitrogen and oxygen atoms in total. The third-order valence-corrected chi connectivity index (χ3v) is 5.95.